The van der Waals surface area contributed by atoms with Gasteiger partial charge in [-0.15, -0.1) is 0 Å². The second-order valence-corrected chi connectivity index (χ2v) is 5.40. The van der Waals surface area contributed by atoms with Crippen LogP contribution in [-0.4, -0.2) is 25.2 Å². The number of hydrogen-bond acceptors (Lipinski definition) is 3. The number of carbonyl (C=O) groups is 1. The molecule has 4 atom stereocenters. The van der Waals surface area contributed by atoms with E-state index in [2.05, 4.69) is 19.2 Å². The van der Waals surface area contributed by atoms with E-state index < -0.39 is 0 Å². The molecule has 1 rings (SSSR count). The van der Waals surface area contributed by atoms with Gasteiger partial charge < -0.3 is 10.1 Å². The Labute approximate surface area is 105 Å². The zero-order chi connectivity index (χ0) is 12.8. The standard InChI is InChI=1S/C14H27NO2/c1-5-12-7-6-8-13(9-12)15-11(3)10(2)14(16)17-4/h10-13,15H,5-9H2,1-4H3. The number of nitrogens with one attached hydrogen (secondary N) is 1. The zero-order valence-electron chi connectivity index (χ0n) is 11.7. The predicted molar refractivity (Wildman–Crippen MR) is 69.8 cm³/mol. The van der Waals surface area contributed by atoms with Crippen molar-refractivity contribution in [3.8, 4) is 0 Å². The van der Waals surface area contributed by atoms with E-state index in [1.54, 1.807) is 0 Å². The van der Waals surface area contributed by atoms with E-state index in [9.17, 15) is 4.79 Å². The summed E-state index contributed by atoms with van der Waals surface area (Å²) in [7, 11) is 1.46. The van der Waals surface area contributed by atoms with Crippen LogP contribution in [0.5, 0.6) is 0 Å². The Kier molecular flexibility index (Phi) is 5.96. The number of hydrogen-bond donors (Lipinski definition) is 1. The highest BCUT2D eigenvalue weighted by atomic mass is 16.5. The highest BCUT2D eigenvalue weighted by Crippen LogP contribution is 2.27. The summed E-state index contributed by atoms with van der Waals surface area (Å²) in [6, 6.07) is 0.777. The van der Waals surface area contributed by atoms with Gasteiger partial charge in [-0.05, 0) is 25.7 Å². The molecule has 0 spiro atoms. The van der Waals surface area contributed by atoms with Gasteiger partial charge in [0.2, 0.25) is 0 Å². The smallest absolute Gasteiger partial charge is 0.309 e. The molecule has 0 aliphatic heterocycles. The van der Waals surface area contributed by atoms with E-state index in [1.165, 1.54) is 39.2 Å². The van der Waals surface area contributed by atoms with Crippen LogP contribution in [0, 0.1) is 11.8 Å². The lowest BCUT2D eigenvalue weighted by molar-refractivity contribution is -0.145. The molecule has 1 aliphatic rings. The first kappa shape index (κ1) is 14.5. The zero-order valence-corrected chi connectivity index (χ0v) is 11.7. The lowest BCUT2D eigenvalue weighted by Crippen LogP contribution is -2.44. The van der Waals surface area contributed by atoms with E-state index in [0.29, 0.717) is 6.04 Å². The van der Waals surface area contributed by atoms with Gasteiger partial charge >= 0.3 is 5.97 Å². The Morgan fingerprint density at radius 1 is 1.41 bits per heavy atom. The molecule has 0 saturated heterocycles. The fraction of sp³-hybridized carbons (Fsp3) is 0.929. The van der Waals surface area contributed by atoms with Gasteiger partial charge in [0.15, 0.2) is 0 Å². The first-order valence-electron chi connectivity index (χ1n) is 6.92. The number of esters is 1. The van der Waals surface area contributed by atoms with Crippen LogP contribution in [0.25, 0.3) is 0 Å². The maximum Gasteiger partial charge on any atom is 0.309 e. The summed E-state index contributed by atoms with van der Waals surface area (Å²) in [5, 5.41) is 3.60. The Morgan fingerprint density at radius 3 is 2.71 bits per heavy atom. The quantitative estimate of drug-likeness (QED) is 0.752. The minimum atomic E-state index is -0.118. The van der Waals surface area contributed by atoms with Crippen molar-refractivity contribution in [1.82, 2.24) is 5.32 Å². The number of rotatable bonds is 5. The third-order valence-electron chi connectivity index (χ3n) is 4.18. The van der Waals surface area contributed by atoms with Crippen LogP contribution in [0.4, 0.5) is 0 Å². The van der Waals surface area contributed by atoms with Gasteiger partial charge in [-0.25, -0.2) is 0 Å². The lowest BCUT2D eigenvalue weighted by Gasteiger charge is -2.32. The number of carbonyl (C=O) groups excluding carboxylic acids is 1. The second-order valence-electron chi connectivity index (χ2n) is 5.40. The summed E-state index contributed by atoms with van der Waals surface area (Å²) in [6.07, 6.45) is 6.47. The first-order chi connectivity index (χ1) is 8.08. The molecule has 100 valence electrons. The molecule has 0 aromatic carbocycles. The van der Waals surface area contributed by atoms with Crippen LogP contribution in [0.3, 0.4) is 0 Å². The van der Waals surface area contributed by atoms with Crippen molar-refractivity contribution in [1.29, 1.82) is 0 Å². The Bertz CT molecular complexity index is 242. The van der Waals surface area contributed by atoms with Crippen LogP contribution >= 0.6 is 0 Å². The largest absolute Gasteiger partial charge is 0.469 e. The van der Waals surface area contributed by atoms with E-state index in [-0.39, 0.29) is 17.9 Å². The fourth-order valence-corrected chi connectivity index (χ4v) is 2.72. The van der Waals surface area contributed by atoms with Gasteiger partial charge in [0.05, 0.1) is 13.0 Å². The molecule has 1 N–H and O–H groups in total. The molecule has 0 radical (unpaired) electrons. The molecule has 3 heteroatoms. The van der Waals surface area contributed by atoms with E-state index in [4.69, 9.17) is 4.74 Å². The van der Waals surface area contributed by atoms with Crippen molar-refractivity contribution in [3.05, 3.63) is 0 Å². The van der Waals surface area contributed by atoms with Crippen LogP contribution in [0.15, 0.2) is 0 Å². The van der Waals surface area contributed by atoms with Gasteiger partial charge in [-0.1, -0.05) is 33.1 Å². The van der Waals surface area contributed by atoms with Gasteiger partial charge in [0, 0.05) is 12.1 Å². The number of methoxy groups -OCH3 is 1. The van der Waals surface area contributed by atoms with Crippen molar-refractivity contribution in [2.75, 3.05) is 7.11 Å². The van der Waals surface area contributed by atoms with E-state index in [0.717, 1.165) is 5.92 Å². The summed E-state index contributed by atoms with van der Waals surface area (Å²) in [5.74, 6) is 0.678. The molecule has 3 nitrogen and oxygen atoms in total. The van der Waals surface area contributed by atoms with Crippen molar-refractivity contribution in [3.63, 3.8) is 0 Å². The Morgan fingerprint density at radius 2 is 2.12 bits per heavy atom. The van der Waals surface area contributed by atoms with E-state index in [1.807, 2.05) is 6.92 Å². The normalized spacial score (nSPS) is 28.5. The third kappa shape index (κ3) is 4.30. The van der Waals surface area contributed by atoms with Crippen LogP contribution < -0.4 is 5.32 Å². The van der Waals surface area contributed by atoms with Crippen LogP contribution in [-0.2, 0) is 9.53 Å². The van der Waals surface area contributed by atoms with Crippen molar-refractivity contribution >= 4 is 5.97 Å². The molecule has 0 bridgehead atoms. The second kappa shape index (κ2) is 7.00. The summed E-state index contributed by atoms with van der Waals surface area (Å²) < 4.78 is 4.79. The molecular formula is C14H27NO2. The molecular weight excluding hydrogens is 214 g/mol. The summed E-state index contributed by atoms with van der Waals surface area (Å²) >= 11 is 0. The maximum atomic E-state index is 11.5. The summed E-state index contributed by atoms with van der Waals surface area (Å²) in [6.45, 7) is 6.29. The molecule has 1 saturated carbocycles. The topological polar surface area (TPSA) is 38.3 Å². The van der Waals surface area contributed by atoms with Gasteiger partial charge in [0.1, 0.15) is 0 Å². The van der Waals surface area contributed by atoms with Crippen molar-refractivity contribution in [2.24, 2.45) is 11.8 Å². The minimum absolute atomic E-state index is 0.0676. The average molecular weight is 241 g/mol. The molecule has 0 amide bonds. The first-order valence-corrected chi connectivity index (χ1v) is 6.92. The van der Waals surface area contributed by atoms with Gasteiger partial charge in [0.25, 0.3) is 0 Å². The summed E-state index contributed by atoms with van der Waals surface area (Å²) in [4.78, 5) is 11.5. The van der Waals surface area contributed by atoms with Crippen molar-refractivity contribution < 1.29 is 9.53 Å². The molecule has 1 aliphatic carbocycles. The van der Waals surface area contributed by atoms with Crippen LogP contribution in [0.1, 0.15) is 52.9 Å². The highest BCUT2D eigenvalue weighted by molar-refractivity contribution is 5.72. The molecule has 0 aromatic heterocycles. The lowest BCUT2D eigenvalue weighted by atomic mass is 9.83. The molecule has 4 unspecified atom stereocenters. The average Bonchev–Trinajstić information content (AvgIpc) is 2.37. The third-order valence-corrected chi connectivity index (χ3v) is 4.18. The maximum absolute atomic E-state index is 11.5. The minimum Gasteiger partial charge on any atom is -0.469 e. The number of ether oxygens (including phenoxy) is 1. The predicted octanol–water partition coefficient (Wildman–Crippen LogP) is 2.74. The highest BCUT2D eigenvalue weighted by Gasteiger charge is 2.26. The Balaban J connectivity index is 2.39. The summed E-state index contributed by atoms with van der Waals surface area (Å²) in [5.41, 5.74) is 0. The van der Waals surface area contributed by atoms with Gasteiger partial charge in [-0.2, -0.15) is 0 Å². The molecule has 17 heavy (non-hydrogen) atoms. The SMILES string of the molecule is CCC1CCCC(NC(C)C(C)C(=O)OC)C1. The monoisotopic (exact) mass is 241 g/mol. The van der Waals surface area contributed by atoms with E-state index >= 15 is 0 Å². The fourth-order valence-electron chi connectivity index (χ4n) is 2.72. The van der Waals surface area contributed by atoms with Gasteiger partial charge in [-0.3, -0.25) is 4.79 Å². The molecule has 0 heterocycles. The van der Waals surface area contributed by atoms with Crippen LogP contribution in [0.2, 0.25) is 0 Å². The van der Waals surface area contributed by atoms with Crippen molar-refractivity contribution in [2.45, 2.75) is 65.0 Å². The molecule has 1 fully saturated rings. The molecule has 0 aromatic rings. The Hall–Kier alpha value is -0.570.